The Morgan fingerprint density at radius 1 is 0.929 bits per heavy atom. The maximum atomic E-state index is 12.8. The van der Waals surface area contributed by atoms with Crippen LogP contribution in [0.5, 0.6) is 0 Å². The number of anilines is 2. The highest BCUT2D eigenvalue weighted by Gasteiger charge is 2.19. The molecule has 3 aromatic carbocycles. The first-order chi connectivity index (χ1) is 13.4. The van der Waals surface area contributed by atoms with Crippen molar-refractivity contribution in [3.63, 3.8) is 0 Å². The highest BCUT2D eigenvalue weighted by molar-refractivity contribution is 7.98. The van der Waals surface area contributed by atoms with Crippen LogP contribution in [0.4, 0.5) is 11.4 Å². The van der Waals surface area contributed by atoms with Gasteiger partial charge in [-0.1, -0.05) is 36.4 Å². The number of sulfonamides is 1. The molecule has 0 unspecified atom stereocenters. The van der Waals surface area contributed by atoms with Gasteiger partial charge < -0.3 is 5.32 Å². The lowest BCUT2D eigenvalue weighted by Crippen LogP contribution is -2.17. The third-order valence-electron chi connectivity index (χ3n) is 4.12. The van der Waals surface area contributed by atoms with Crippen molar-refractivity contribution in [1.82, 2.24) is 0 Å². The second-order valence-corrected chi connectivity index (χ2v) is 8.61. The molecule has 0 radical (unpaired) electrons. The van der Waals surface area contributed by atoms with Crippen molar-refractivity contribution in [2.75, 3.05) is 16.3 Å². The SMILES string of the molecule is CSc1ccccc1NC(=O)c1ccc(C)c(S(=O)(=O)Nc2ccccc2)c1. The number of nitrogens with one attached hydrogen (secondary N) is 2. The molecule has 1 amide bonds. The summed E-state index contributed by atoms with van der Waals surface area (Å²) in [6, 6.07) is 20.8. The molecule has 0 saturated heterocycles. The molecule has 0 heterocycles. The third-order valence-corrected chi connectivity index (χ3v) is 6.44. The summed E-state index contributed by atoms with van der Waals surface area (Å²) < 4.78 is 28.2. The van der Waals surface area contributed by atoms with Crippen LogP contribution in [-0.2, 0) is 10.0 Å². The average molecular weight is 413 g/mol. The molecule has 0 fully saturated rings. The Morgan fingerprint density at radius 2 is 1.61 bits per heavy atom. The molecular formula is C21H20N2O3S2. The normalized spacial score (nSPS) is 11.1. The van der Waals surface area contributed by atoms with E-state index < -0.39 is 10.0 Å². The van der Waals surface area contributed by atoms with Crippen molar-refractivity contribution >= 4 is 39.1 Å². The lowest BCUT2D eigenvalue weighted by molar-refractivity contribution is 0.102. The number of thioether (sulfide) groups is 1. The van der Waals surface area contributed by atoms with E-state index >= 15 is 0 Å². The fraction of sp³-hybridized carbons (Fsp3) is 0.0952. The molecule has 7 heteroatoms. The van der Waals surface area contributed by atoms with Gasteiger partial charge in [-0.15, -0.1) is 11.8 Å². The van der Waals surface area contributed by atoms with Crippen LogP contribution < -0.4 is 10.0 Å². The van der Waals surface area contributed by atoms with Gasteiger partial charge in [-0.3, -0.25) is 9.52 Å². The van der Waals surface area contributed by atoms with Crippen LogP contribution in [0.2, 0.25) is 0 Å². The molecular weight excluding hydrogens is 392 g/mol. The zero-order valence-corrected chi connectivity index (χ0v) is 17.1. The van der Waals surface area contributed by atoms with Gasteiger partial charge in [0.15, 0.2) is 0 Å². The van der Waals surface area contributed by atoms with Crippen LogP contribution in [0.3, 0.4) is 0 Å². The quantitative estimate of drug-likeness (QED) is 0.572. The average Bonchev–Trinajstić information content (AvgIpc) is 2.69. The van der Waals surface area contributed by atoms with E-state index in [9.17, 15) is 13.2 Å². The molecule has 0 aromatic heterocycles. The summed E-state index contributed by atoms with van der Waals surface area (Å²) in [5.74, 6) is -0.363. The molecule has 0 aliphatic carbocycles. The molecule has 0 saturated carbocycles. The summed E-state index contributed by atoms with van der Waals surface area (Å²) in [6.07, 6.45) is 1.93. The minimum atomic E-state index is -3.82. The van der Waals surface area contributed by atoms with Gasteiger partial charge in [0.1, 0.15) is 0 Å². The van der Waals surface area contributed by atoms with Crippen molar-refractivity contribution in [2.45, 2.75) is 16.7 Å². The summed E-state index contributed by atoms with van der Waals surface area (Å²) in [6.45, 7) is 1.70. The van der Waals surface area contributed by atoms with Gasteiger partial charge in [-0.2, -0.15) is 0 Å². The molecule has 0 aliphatic rings. The highest BCUT2D eigenvalue weighted by Crippen LogP contribution is 2.26. The number of aryl methyl sites for hydroxylation is 1. The minimum absolute atomic E-state index is 0.0714. The Kier molecular flexibility index (Phi) is 6.06. The van der Waals surface area contributed by atoms with Crippen LogP contribution in [-0.4, -0.2) is 20.6 Å². The topological polar surface area (TPSA) is 75.3 Å². The largest absolute Gasteiger partial charge is 0.321 e. The number of para-hydroxylation sites is 2. The second-order valence-electron chi connectivity index (χ2n) is 6.11. The standard InChI is InChI=1S/C21H20N2O3S2/c1-15-12-13-16(21(24)22-18-10-6-7-11-19(18)27-2)14-20(15)28(25,26)23-17-8-4-3-5-9-17/h3-14,23H,1-2H3,(H,22,24). The molecule has 0 atom stereocenters. The summed E-state index contributed by atoms with van der Waals surface area (Å²) in [5.41, 5.74) is 1.98. The summed E-state index contributed by atoms with van der Waals surface area (Å²) >= 11 is 1.52. The van der Waals surface area contributed by atoms with E-state index in [1.165, 1.54) is 17.8 Å². The van der Waals surface area contributed by atoms with Crippen LogP contribution in [0.25, 0.3) is 0 Å². The number of carbonyl (C=O) groups excluding carboxylic acids is 1. The lowest BCUT2D eigenvalue weighted by Gasteiger charge is -2.13. The van der Waals surface area contributed by atoms with Crippen molar-refractivity contribution < 1.29 is 13.2 Å². The third kappa shape index (κ3) is 4.55. The Hall–Kier alpha value is -2.77. The van der Waals surface area contributed by atoms with Crippen molar-refractivity contribution in [3.8, 4) is 0 Å². The van der Waals surface area contributed by atoms with E-state index in [-0.39, 0.29) is 16.4 Å². The van der Waals surface area contributed by atoms with Crippen molar-refractivity contribution in [2.24, 2.45) is 0 Å². The Bertz CT molecular complexity index is 1100. The van der Waals surface area contributed by atoms with Gasteiger partial charge in [-0.25, -0.2) is 8.42 Å². The van der Waals surface area contributed by atoms with Crippen LogP contribution >= 0.6 is 11.8 Å². The first kappa shape index (κ1) is 20.0. The van der Waals surface area contributed by atoms with Gasteiger partial charge in [0.2, 0.25) is 0 Å². The van der Waals surface area contributed by atoms with E-state index in [0.29, 0.717) is 16.9 Å². The lowest BCUT2D eigenvalue weighted by atomic mass is 10.1. The second kappa shape index (κ2) is 8.50. The smallest absolute Gasteiger partial charge is 0.262 e. The number of amides is 1. The molecule has 0 bridgehead atoms. The van der Waals surface area contributed by atoms with Gasteiger partial charge >= 0.3 is 0 Å². The van der Waals surface area contributed by atoms with Crippen LogP contribution in [0.1, 0.15) is 15.9 Å². The molecule has 5 nitrogen and oxygen atoms in total. The monoisotopic (exact) mass is 412 g/mol. The maximum Gasteiger partial charge on any atom is 0.262 e. The molecule has 0 aliphatic heterocycles. The van der Waals surface area contributed by atoms with Crippen molar-refractivity contribution in [3.05, 3.63) is 83.9 Å². The number of hydrogen-bond donors (Lipinski definition) is 2. The van der Waals surface area contributed by atoms with Crippen LogP contribution in [0, 0.1) is 6.92 Å². The van der Waals surface area contributed by atoms with E-state index in [0.717, 1.165) is 4.90 Å². The Balaban J connectivity index is 1.89. The number of benzene rings is 3. The zero-order chi connectivity index (χ0) is 20.1. The van der Waals surface area contributed by atoms with E-state index in [2.05, 4.69) is 10.0 Å². The Morgan fingerprint density at radius 3 is 2.32 bits per heavy atom. The van der Waals surface area contributed by atoms with E-state index in [1.807, 2.05) is 30.5 Å². The fourth-order valence-electron chi connectivity index (χ4n) is 2.69. The van der Waals surface area contributed by atoms with Gasteiger partial charge in [0, 0.05) is 16.1 Å². The predicted octanol–water partition coefficient (Wildman–Crippen LogP) is 4.77. The van der Waals surface area contributed by atoms with Crippen LogP contribution in [0.15, 0.2) is 82.6 Å². The first-order valence-electron chi connectivity index (χ1n) is 8.53. The molecule has 3 aromatic rings. The predicted molar refractivity (Wildman–Crippen MR) is 115 cm³/mol. The highest BCUT2D eigenvalue weighted by atomic mass is 32.2. The number of carbonyl (C=O) groups is 1. The van der Waals surface area contributed by atoms with E-state index in [1.54, 1.807) is 49.4 Å². The van der Waals surface area contributed by atoms with E-state index in [4.69, 9.17) is 0 Å². The molecule has 3 rings (SSSR count). The summed E-state index contributed by atoms with van der Waals surface area (Å²) in [4.78, 5) is 13.7. The molecule has 144 valence electrons. The number of hydrogen-bond acceptors (Lipinski definition) is 4. The fourth-order valence-corrected chi connectivity index (χ4v) is 4.57. The summed E-state index contributed by atoms with van der Waals surface area (Å²) in [7, 11) is -3.82. The minimum Gasteiger partial charge on any atom is -0.321 e. The van der Waals surface area contributed by atoms with Gasteiger partial charge in [0.25, 0.3) is 15.9 Å². The Labute approximate surface area is 169 Å². The molecule has 28 heavy (non-hydrogen) atoms. The maximum absolute atomic E-state index is 12.8. The van der Waals surface area contributed by atoms with Crippen molar-refractivity contribution in [1.29, 1.82) is 0 Å². The van der Waals surface area contributed by atoms with Gasteiger partial charge in [-0.05, 0) is 55.1 Å². The molecule has 2 N–H and O–H groups in total. The van der Waals surface area contributed by atoms with Gasteiger partial charge in [0.05, 0.1) is 10.6 Å². The number of rotatable bonds is 6. The summed E-state index contributed by atoms with van der Waals surface area (Å²) in [5, 5.41) is 2.85. The zero-order valence-electron chi connectivity index (χ0n) is 15.5. The molecule has 0 spiro atoms. The first-order valence-corrected chi connectivity index (χ1v) is 11.2.